The van der Waals surface area contributed by atoms with Gasteiger partial charge in [-0.05, 0) is 51.5 Å². The second-order valence-electron chi connectivity index (χ2n) is 6.24. The molecule has 0 aliphatic heterocycles. The topological polar surface area (TPSA) is 69.6 Å². The van der Waals surface area contributed by atoms with Crippen LogP contribution < -0.4 is 5.32 Å². The van der Waals surface area contributed by atoms with Crippen LogP contribution in [0.5, 0.6) is 0 Å². The summed E-state index contributed by atoms with van der Waals surface area (Å²) in [6, 6.07) is 5.52. The van der Waals surface area contributed by atoms with E-state index in [4.69, 9.17) is 9.47 Å². The third-order valence-corrected chi connectivity index (χ3v) is 4.92. The van der Waals surface area contributed by atoms with E-state index in [-0.39, 0.29) is 0 Å². The van der Waals surface area contributed by atoms with Crippen molar-refractivity contribution in [1.82, 2.24) is 3.97 Å². The van der Waals surface area contributed by atoms with Crippen molar-refractivity contribution in [2.75, 3.05) is 12.4 Å². The number of anilines is 1. The minimum absolute atomic E-state index is 0.408. The molecule has 2 aromatic rings. The van der Waals surface area contributed by atoms with Crippen LogP contribution in [0.1, 0.15) is 36.8 Å². The summed E-state index contributed by atoms with van der Waals surface area (Å²) in [7, 11) is 2.71. The van der Waals surface area contributed by atoms with Gasteiger partial charge < -0.3 is 9.47 Å². The first-order chi connectivity index (χ1) is 11.2. The highest BCUT2D eigenvalue weighted by Gasteiger charge is 2.20. The van der Waals surface area contributed by atoms with Crippen molar-refractivity contribution in [3.8, 4) is 0 Å². The number of hydrogen-bond donors (Lipinski definition) is 1. The van der Waals surface area contributed by atoms with E-state index in [0.717, 1.165) is 16.5 Å². The van der Waals surface area contributed by atoms with Gasteiger partial charge in [0.15, 0.2) is 0 Å². The van der Waals surface area contributed by atoms with Crippen LogP contribution in [0.15, 0.2) is 18.2 Å². The van der Waals surface area contributed by atoms with Crippen LogP contribution >= 0.6 is 30.3 Å². The number of methoxy groups -OCH3 is 1. The number of rotatable bonds is 3. The number of nitrogens with one attached hydrogen (secondary N) is 1. The molecular formula is C16H19IN2O4S. The van der Waals surface area contributed by atoms with E-state index in [1.54, 1.807) is 10.0 Å². The van der Waals surface area contributed by atoms with Gasteiger partial charge in [-0.2, -0.15) is 0 Å². The highest BCUT2D eigenvalue weighted by Crippen LogP contribution is 2.32. The lowest BCUT2D eigenvalue weighted by Gasteiger charge is -2.20. The van der Waals surface area contributed by atoms with Gasteiger partial charge in [0.25, 0.3) is 0 Å². The third kappa shape index (κ3) is 4.15. The Labute approximate surface area is 157 Å². The number of nitrogens with zero attached hydrogens (tertiary/aromatic N) is 1. The summed E-state index contributed by atoms with van der Waals surface area (Å²) in [5.41, 5.74) is 2.20. The van der Waals surface area contributed by atoms with Gasteiger partial charge in [-0.3, -0.25) is 9.29 Å². The number of esters is 1. The van der Waals surface area contributed by atoms with Gasteiger partial charge in [0.2, 0.25) is 0 Å². The van der Waals surface area contributed by atoms with E-state index >= 15 is 0 Å². The molecule has 1 aromatic carbocycles. The minimum Gasteiger partial charge on any atom is -0.464 e. The highest BCUT2D eigenvalue weighted by atomic mass is 127. The minimum atomic E-state index is -0.571. The first kappa shape index (κ1) is 18.9. The highest BCUT2D eigenvalue weighted by molar-refractivity contribution is 14.2. The fourth-order valence-corrected chi connectivity index (χ4v) is 3.92. The Kier molecular flexibility index (Phi) is 5.69. The normalized spacial score (nSPS) is 11.4. The third-order valence-electron chi connectivity index (χ3n) is 3.20. The number of benzene rings is 1. The molecule has 0 radical (unpaired) electrons. The SMILES string of the molecule is COC(=O)c1cc2cc(C)c(NC(=O)OC(C)(C)C)cc2n1SI. The zero-order valence-electron chi connectivity index (χ0n) is 14.1. The molecule has 6 nitrogen and oxygen atoms in total. The number of halogens is 1. The van der Waals surface area contributed by atoms with Crippen molar-refractivity contribution in [3.63, 3.8) is 0 Å². The van der Waals surface area contributed by atoms with Crippen LogP contribution in [0.4, 0.5) is 10.5 Å². The Balaban J connectivity index is 2.44. The number of hydrogen-bond acceptors (Lipinski definition) is 5. The molecule has 1 amide bonds. The molecule has 8 heteroatoms. The number of aromatic nitrogens is 1. The lowest BCUT2D eigenvalue weighted by molar-refractivity contribution is 0.0591. The number of fused-ring (bicyclic) bond motifs is 1. The number of aryl methyl sites for hydroxylation is 1. The standard InChI is InChI=1S/C16H19IN2O4S/c1-9-6-10-7-13(14(20)22-5)19(24-17)12(10)8-11(9)18-15(21)23-16(2,3)4/h6-8H,1-5H3,(H,18,21). The molecule has 2 rings (SSSR count). The van der Waals surface area contributed by atoms with Crippen molar-refractivity contribution < 1.29 is 19.1 Å². The van der Waals surface area contributed by atoms with Crippen LogP contribution in [0.3, 0.4) is 0 Å². The van der Waals surface area contributed by atoms with E-state index in [1.807, 2.05) is 39.8 Å². The van der Waals surface area contributed by atoms with Crippen molar-refractivity contribution in [2.24, 2.45) is 0 Å². The molecule has 0 spiro atoms. The number of ether oxygens (including phenoxy) is 2. The summed E-state index contributed by atoms with van der Waals surface area (Å²) in [6.07, 6.45) is -0.515. The quantitative estimate of drug-likeness (QED) is 0.518. The molecule has 0 atom stereocenters. The number of amides is 1. The average Bonchev–Trinajstić information content (AvgIpc) is 2.82. The van der Waals surface area contributed by atoms with Crippen LogP contribution in [0.25, 0.3) is 10.9 Å². The largest absolute Gasteiger partial charge is 0.464 e. The fraction of sp³-hybridized carbons (Fsp3) is 0.375. The van der Waals surface area contributed by atoms with Crippen molar-refractivity contribution in [2.45, 2.75) is 33.3 Å². The molecule has 0 saturated heterocycles. The lowest BCUT2D eigenvalue weighted by atomic mass is 10.1. The molecule has 0 fully saturated rings. The van der Waals surface area contributed by atoms with Gasteiger partial charge >= 0.3 is 12.1 Å². The fourth-order valence-electron chi connectivity index (χ4n) is 2.21. The van der Waals surface area contributed by atoms with E-state index in [2.05, 4.69) is 26.5 Å². The lowest BCUT2D eigenvalue weighted by Crippen LogP contribution is -2.27. The Morgan fingerprint density at radius 1 is 1.25 bits per heavy atom. The van der Waals surface area contributed by atoms with Gasteiger partial charge in [-0.1, -0.05) is 0 Å². The molecule has 0 unspecified atom stereocenters. The summed E-state index contributed by atoms with van der Waals surface area (Å²) < 4.78 is 11.9. The maximum Gasteiger partial charge on any atom is 0.412 e. The smallest absolute Gasteiger partial charge is 0.412 e. The maximum atomic E-state index is 12.0. The summed E-state index contributed by atoms with van der Waals surface area (Å²) in [5.74, 6) is -0.408. The zero-order valence-corrected chi connectivity index (χ0v) is 17.1. The van der Waals surface area contributed by atoms with Crippen LogP contribution in [0.2, 0.25) is 0 Å². The Hall–Kier alpha value is -1.42. The Morgan fingerprint density at radius 3 is 2.46 bits per heavy atom. The van der Waals surface area contributed by atoms with E-state index in [1.165, 1.54) is 16.2 Å². The zero-order chi connectivity index (χ0) is 18.1. The molecule has 0 aliphatic carbocycles. The first-order valence-electron chi connectivity index (χ1n) is 7.20. The van der Waals surface area contributed by atoms with Gasteiger partial charge in [-0.15, -0.1) is 0 Å². The molecule has 130 valence electrons. The molecule has 0 saturated carbocycles. The summed E-state index contributed by atoms with van der Waals surface area (Å²) in [6.45, 7) is 7.31. The van der Waals surface area contributed by atoms with Gasteiger partial charge in [-0.25, -0.2) is 9.59 Å². The summed E-state index contributed by atoms with van der Waals surface area (Å²) >= 11 is 2.10. The van der Waals surface area contributed by atoms with Crippen molar-refractivity contribution in [3.05, 3.63) is 29.5 Å². The van der Waals surface area contributed by atoms with Crippen molar-refractivity contribution >= 4 is 59.0 Å². The van der Waals surface area contributed by atoms with E-state index in [9.17, 15) is 9.59 Å². The predicted molar refractivity (Wildman–Crippen MR) is 105 cm³/mol. The average molecular weight is 462 g/mol. The van der Waals surface area contributed by atoms with Crippen LogP contribution in [-0.4, -0.2) is 28.7 Å². The molecule has 0 aliphatic rings. The maximum absolute atomic E-state index is 12.0. The monoisotopic (exact) mass is 462 g/mol. The second kappa shape index (κ2) is 7.22. The molecule has 0 bridgehead atoms. The summed E-state index contributed by atoms with van der Waals surface area (Å²) in [4.78, 5) is 23.9. The molecule has 1 N–H and O–H groups in total. The Bertz CT molecular complexity index is 795. The second-order valence-corrected chi connectivity index (χ2v) is 7.92. The molecular weight excluding hydrogens is 443 g/mol. The van der Waals surface area contributed by atoms with E-state index < -0.39 is 17.7 Å². The van der Waals surface area contributed by atoms with Crippen molar-refractivity contribution in [1.29, 1.82) is 0 Å². The van der Waals surface area contributed by atoms with Crippen LogP contribution in [-0.2, 0) is 9.47 Å². The molecule has 1 heterocycles. The molecule has 24 heavy (non-hydrogen) atoms. The van der Waals surface area contributed by atoms with Gasteiger partial charge in [0, 0.05) is 41.4 Å². The summed E-state index contributed by atoms with van der Waals surface area (Å²) in [5, 5.41) is 3.66. The first-order valence-corrected chi connectivity index (χ1v) is 10.5. The molecule has 1 aromatic heterocycles. The Morgan fingerprint density at radius 2 is 1.92 bits per heavy atom. The predicted octanol–water partition coefficient (Wildman–Crippen LogP) is 4.93. The van der Waals surface area contributed by atoms with Gasteiger partial charge in [0.1, 0.15) is 11.3 Å². The van der Waals surface area contributed by atoms with E-state index in [0.29, 0.717) is 11.4 Å². The number of carbonyl (C=O) groups is 2. The van der Waals surface area contributed by atoms with Crippen LogP contribution in [0, 0.1) is 6.92 Å². The number of carbonyl (C=O) groups excluding carboxylic acids is 2. The van der Waals surface area contributed by atoms with Gasteiger partial charge in [0.05, 0.1) is 12.6 Å².